The Morgan fingerprint density at radius 3 is 2.63 bits per heavy atom. The molecule has 8 nitrogen and oxygen atoms in total. The molecule has 1 aliphatic heterocycles. The van der Waals surface area contributed by atoms with Gasteiger partial charge in [-0.05, 0) is 12.0 Å². The quantitative estimate of drug-likeness (QED) is 0.419. The second kappa shape index (κ2) is 7.91. The topological polar surface area (TPSA) is 114 Å². The summed E-state index contributed by atoms with van der Waals surface area (Å²) in [5.41, 5.74) is 2.39. The molecular weight excluding hydrogens is 368 g/mol. The first kappa shape index (κ1) is 18.3. The maximum Gasteiger partial charge on any atom is 0.166 e. The number of nitrogens with zero attached hydrogens (tertiary/aromatic N) is 4. The van der Waals surface area contributed by atoms with Crippen LogP contribution >= 0.6 is 11.8 Å². The van der Waals surface area contributed by atoms with Crippen molar-refractivity contribution < 1.29 is 20.1 Å². The number of ether oxygens (including phenoxy) is 1. The van der Waals surface area contributed by atoms with Crippen molar-refractivity contribution >= 4 is 22.9 Å². The summed E-state index contributed by atoms with van der Waals surface area (Å²) in [4.78, 5) is 13.0. The van der Waals surface area contributed by atoms with Crippen molar-refractivity contribution in [3.05, 3.63) is 48.5 Å². The van der Waals surface area contributed by atoms with Crippen LogP contribution in [0.15, 0.2) is 48.0 Å². The second-order valence-corrected chi connectivity index (χ2v) is 7.40. The fourth-order valence-electron chi connectivity index (χ4n) is 3.14. The minimum Gasteiger partial charge on any atom is -0.394 e. The molecule has 142 valence electrons. The van der Waals surface area contributed by atoms with Gasteiger partial charge in [0.25, 0.3) is 0 Å². The highest BCUT2D eigenvalue weighted by Crippen LogP contribution is 2.32. The van der Waals surface area contributed by atoms with Crippen molar-refractivity contribution in [2.45, 2.75) is 36.0 Å². The third-order valence-electron chi connectivity index (χ3n) is 4.59. The standard InChI is InChI=1S/C18H20N4O4S/c23-8-12-14(24)15(25)18(26-12)22-10-21-13-16(22)19-9-20-17(13)27-7-6-11-4-2-1-3-5-11/h1-5,9-10,12,14-15,18,23-25H,6-8H2/t12-,14?,15?,18?/m1/s1. The molecule has 0 aliphatic carbocycles. The van der Waals surface area contributed by atoms with Gasteiger partial charge < -0.3 is 20.1 Å². The average molecular weight is 388 g/mol. The third-order valence-corrected chi connectivity index (χ3v) is 5.57. The molecular formula is C18H20N4O4S. The number of imidazole rings is 1. The number of hydrogen-bond donors (Lipinski definition) is 3. The lowest BCUT2D eigenvalue weighted by Gasteiger charge is -2.16. The molecule has 3 heterocycles. The summed E-state index contributed by atoms with van der Waals surface area (Å²) in [6, 6.07) is 10.2. The highest BCUT2D eigenvalue weighted by atomic mass is 32.2. The Kier molecular flexibility index (Phi) is 5.37. The minimum atomic E-state index is -1.18. The van der Waals surface area contributed by atoms with Crippen LogP contribution in [0.4, 0.5) is 0 Å². The lowest BCUT2D eigenvalue weighted by molar-refractivity contribution is -0.0511. The van der Waals surface area contributed by atoms with E-state index >= 15 is 0 Å². The molecule has 4 rings (SSSR count). The van der Waals surface area contributed by atoms with Gasteiger partial charge >= 0.3 is 0 Å². The average Bonchev–Trinajstić information content (AvgIpc) is 3.25. The number of hydrogen-bond acceptors (Lipinski definition) is 8. The van der Waals surface area contributed by atoms with Gasteiger partial charge in [-0.15, -0.1) is 11.8 Å². The van der Waals surface area contributed by atoms with E-state index in [4.69, 9.17) is 4.74 Å². The monoisotopic (exact) mass is 388 g/mol. The summed E-state index contributed by atoms with van der Waals surface area (Å²) in [7, 11) is 0. The normalized spacial score (nSPS) is 25.3. The van der Waals surface area contributed by atoms with Gasteiger partial charge in [0.05, 0.1) is 12.9 Å². The van der Waals surface area contributed by atoms with Crippen LogP contribution < -0.4 is 0 Å². The molecule has 3 aromatic rings. The van der Waals surface area contributed by atoms with Gasteiger partial charge in [-0.1, -0.05) is 30.3 Å². The molecule has 9 heteroatoms. The SMILES string of the molecule is OC[C@H]1OC(n2cnc3c(SCCc4ccccc4)ncnc32)C(O)C1O. The van der Waals surface area contributed by atoms with Gasteiger partial charge in [0.1, 0.15) is 35.2 Å². The Morgan fingerprint density at radius 2 is 1.89 bits per heavy atom. The molecule has 2 aromatic heterocycles. The van der Waals surface area contributed by atoms with Crippen LogP contribution in [0.25, 0.3) is 11.2 Å². The molecule has 0 bridgehead atoms. The van der Waals surface area contributed by atoms with E-state index in [0.29, 0.717) is 11.2 Å². The molecule has 27 heavy (non-hydrogen) atoms. The van der Waals surface area contributed by atoms with E-state index in [2.05, 4.69) is 27.1 Å². The molecule has 4 atom stereocenters. The van der Waals surface area contributed by atoms with E-state index < -0.39 is 24.5 Å². The highest BCUT2D eigenvalue weighted by Gasteiger charge is 2.44. The van der Waals surface area contributed by atoms with E-state index in [1.54, 1.807) is 16.3 Å². The van der Waals surface area contributed by atoms with Crippen LogP contribution in [0.2, 0.25) is 0 Å². The first-order valence-electron chi connectivity index (χ1n) is 8.65. The Bertz CT molecular complexity index is 907. The fourth-order valence-corrected chi connectivity index (χ4v) is 4.08. The van der Waals surface area contributed by atoms with Crippen LogP contribution in [0.5, 0.6) is 0 Å². The van der Waals surface area contributed by atoms with Crippen LogP contribution in [0, 0.1) is 0 Å². The number of aromatic nitrogens is 4. The van der Waals surface area contributed by atoms with Crippen LogP contribution in [0.3, 0.4) is 0 Å². The summed E-state index contributed by atoms with van der Waals surface area (Å²) in [6.45, 7) is -0.378. The summed E-state index contributed by atoms with van der Waals surface area (Å²) >= 11 is 1.59. The van der Waals surface area contributed by atoms with Crippen LogP contribution in [-0.4, -0.2) is 65.5 Å². The zero-order valence-corrected chi connectivity index (χ0v) is 15.2. The zero-order valence-electron chi connectivity index (χ0n) is 14.4. The Morgan fingerprint density at radius 1 is 1.07 bits per heavy atom. The number of thioether (sulfide) groups is 1. The summed E-state index contributed by atoms with van der Waals surface area (Å²) in [5, 5.41) is 30.2. The maximum absolute atomic E-state index is 10.2. The summed E-state index contributed by atoms with van der Waals surface area (Å²) in [6.07, 6.45) is -0.175. The van der Waals surface area contributed by atoms with Crippen molar-refractivity contribution in [3.8, 4) is 0 Å². The number of aryl methyl sites for hydroxylation is 1. The van der Waals surface area contributed by atoms with E-state index in [-0.39, 0.29) is 6.61 Å². The van der Waals surface area contributed by atoms with E-state index in [1.165, 1.54) is 18.2 Å². The molecule has 1 fully saturated rings. The molecule has 3 unspecified atom stereocenters. The molecule has 1 aliphatic rings. The predicted octanol–water partition coefficient (Wildman–Crippen LogP) is 0.773. The molecule has 0 radical (unpaired) electrons. The smallest absolute Gasteiger partial charge is 0.166 e. The number of benzene rings is 1. The summed E-state index contributed by atoms with van der Waals surface area (Å²) < 4.78 is 7.14. The molecule has 0 spiro atoms. The van der Waals surface area contributed by atoms with Gasteiger partial charge in [-0.3, -0.25) is 4.57 Å². The highest BCUT2D eigenvalue weighted by molar-refractivity contribution is 7.99. The maximum atomic E-state index is 10.2. The number of aliphatic hydroxyl groups excluding tert-OH is 3. The van der Waals surface area contributed by atoms with E-state index in [0.717, 1.165) is 17.2 Å². The van der Waals surface area contributed by atoms with Crippen molar-refractivity contribution in [1.29, 1.82) is 0 Å². The molecule has 0 amide bonds. The van der Waals surface area contributed by atoms with Gasteiger partial charge in [0.2, 0.25) is 0 Å². The van der Waals surface area contributed by atoms with Gasteiger partial charge in [-0.2, -0.15) is 0 Å². The van der Waals surface area contributed by atoms with Crippen molar-refractivity contribution in [1.82, 2.24) is 19.5 Å². The number of fused-ring (bicyclic) bond motifs is 1. The fraction of sp³-hybridized carbons (Fsp3) is 0.389. The van der Waals surface area contributed by atoms with Crippen molar-refractivity contribution in [2.75, 3.05) is 12.4 Å². The molecule has 3 N–H and O–H groups in total. The van der Waals surface area contributed by atoms with Gasteiger partial charge in [0, 0.05) is 5.75 Å². The Hall–Kier alpha value is -2.04. The zero-order chi connectivity index (χ0) is 18.8. The first-order valence-corrected chi connectivity index (χ1v) is 9.64. The third kappa shape index (κ3) is 3.56. The predicted molar refractivity (Wildman–Crippen MR) is 99.2 cm³/mol. The van der Waals surface area contributed by atoms with Crippen molar-refractivity contribution in [2.24, 2.45) is 0 Å². The molecule has 1 saturated heterocycles. The number of aliphatic hydroxyl groups is 3. The van der Waals surface area contributed by atoms with E-state index in [1.807, 2.05) is 18.2 Å². The van der Waals surface area contributed by atoms with E-state index in [9.17, 15) is 15.3 Å². The summed E-state index contributed by atoms with van der Waals surface area (Å²) in [5.74, 6) is 0.844. The first-order chi connectivity index (χ1) is 13.2. The lowest BCUT2D eigenvalue weighted by atomic mass is 10.1. The minimum absolute atomic E-state index is 0.378. The van der Waals surface area contributed by atoms with Gasteiger partial charge in [-0.25, -0.2) is 15.0 Å². The lowest BCUT2D eigenvalue weighted by Crippen LogP contribution is -2.33. The molecule has 1 aromatic carbocycles. The Balaban J connectivity index is 1.53. The number of rotatable bonds is 6. The van der Waals surface area contributed by atoms with Gasteiger partial charge in [0.15, 0.2) is 11.9 Å². The van der Waals surface area contributed by atoms with Crippen molar-refractivity contribution in [3.63, 3.8) is 0 Å². The Labute approximate surface area is 159 Å². The largest absolute Gasteiger partial charge is 0.394 e. The van der Waals surface area contributed by atoms with Crippen LogP contribution in [0.1, 0.15) is 11.8 Å². The molecule has 0 saturated carbocycles. The second-order valence-electron chi connectivity index (χ2n) is 6.32. The van der Waals surface area contributed by atoms with Crippen LogP contribution in [-0.2, 0) is 11.2 Å².